The lowest BCUT2D eigenvalue weighted by atomic mass is 10.0. The first-order valence-corrected chi connectivity index (χ1v) is 4.90. The molecule has 0 aliphatic heterocycles. The molecule has 0 aliphatic rings. The van der Waals surface area contributed by atoms with Crippen molar-refractivity contribution in [1.82, 2.24) is 9.97 Å². The third-order valence-corrected chi connectivity index (χ3v) is 2.51. The maximum atomic E-state index is 5.92. The highest BCUT2D eigenvalue weighted by atomic mass is 35.5. The molecular formula is C11H11ClN2. The van der Waals surface area contributed by atoms with Gasteiger partial charge in [0.2, 0.25) is 0 Å². The van der Waals surface area contributed by atoms with Crippen LogP contribution in [0.15, 0.2) is 36.7 Å². The Morgan fingerprint density at radius 3 is 2.93 bits per heavy atom. The van der Waals surface area contributed by atoms with E-state index in [1.165, 1.54) is 5.56 Å². The molecule has 1 unspecified atom stereocenters. The molecule has 3 heteroatoms. The molecule has 2 nitrogen and oxygen atoms in total. The average molecular weight is 207 g/mol. The summed E-state index contributed by atoms with van der Waals surface area (Å²) in [7, 11) is 0. The van der Waals surface area contributed by atoms with E-state index in [9.17, 15) is 0 Å². The Labute approximate surface area is 88.0 Å². The third kappa shape index (κ3) is 1.80. The van der Waals surface area contributed by atoms with Gasteiger partial charge in [-0.05, 0) is 17.7 Å². The number of nitrogens with one attached hydrogen (secondary N) is 1. The highest BCUT2D eigenvalue weighted by Gasteiger charge is 2.10. The zero-order valence-electron chi connectivity index (χ0n) is 7.87. The van der Waals surface area contributed by atoms with Crippen LogP contribution in [0.2, 0.25) is 5.02 Å². The van der Waals surface area contributed by atoms with Gasteiger partial charge in [0.15, 0.2) is 0 Å². The number of hydrogen-bond donors (Lipinski definition) is 1. The Morgan fingerprint density at radius 1 is 1.43 bits per heavy atom. The van der Waals surface area contributed by atoms with Crippen LogP contribution in [0.4, 0.5) is 0 Å². The lowest BCUT2D eigenvalue weighted by Gasteiger charge is -2.08. The molecule has 1 heterocycles. The minimum atomic E-state index is 0.253. The second kappa shape index (κ2) is 3.84. The molecular weight excluding hydrogens is 196 g/mol. The van der Waals surface area contributed by atoms with E-state index in [2.05, 4.69) is 23.0 Å². The molecule has 0 fully saturated rings. The van der Waals surface area contributed by atoms with E-state index in [1.807, 2.05) is 24.4 Å². The Balaban J connectivity index is 2.32. The van der Waals surface area contributed by atoms with Gasteiger partial charge in [-0.15, -0.1) is 0 Å². The Hall–Kier alpha value is -1.28. The second-order valence-corrected chi connectivity index (χ2v) is 3.69. The lowest BCUT2D eigenvalue weighted by molar-refractivity contribution is 0.840. The van der Waals surface area contributed by atoms with Crippen molar-refractivity contribution in [3.8, 4) is 0 Å². The molecule has 1 aromatic carbocycles. The molecule has 2 rings (SSSR count). The Morgan fingerprint density at radius 2 is 2.29 bits per heavy atom. The van der Waals surface area contributed by atoms with Gasteiger partial charge in [-0.3, -0.25) is 0 Å². The van der Waals surface area contributed by atoms with E-state index in [-0.39, 0.29) is 5.92 Å². The lowest BCUT2D eigenvalue weighted by Crippen LogP contribution is -1.97. The van der Waals surface area contributed by atoms with Crippen molar-refractivity contribution in [2.75, 3.05) is 0 Å². The number of halogens is 1. The largest absolute Gasteiger partial charge is 0.348 e. The van der Waals surface area contributed by atoms with Crippen molar-refractivity contribution in [2.24, 2.45) is 0 Å². The van der Waals surface area contributed by atoms with E-state index in [0.29, 0.717) is 0 Å². The molecule has 0 spiro atoms. The fourth-order valence-corrected chi connectivity index (χ4v) is 1.65. The minimum absolute atomic E-state index is 0.253. The van der Waals surface area contributed by atoms with E-state index < -0.39 is 0 Å². The number of imidazole rings is 1. The van der Waals surface area contributed by atoms with E-state index >= 15 is 0 Å². The van der Waals surface area contributed by atoms with Gasteiger partial charge < -0.3 is 4.98 Å². The summed E-state index contributed by atoms with van der Waals surface area (Å²) in [5, 5.41) is 0.765. The van der Waals surface area contributed by atoms with E-state index in [1.54, 1.807) is 6.20 Å². The van der Waals surface area contributed by atoms with Crippen LogP contribution >= 0.6 is 11.6 Å². The maximum Gasteiger partial charge on any atom is 0.113 e. The van der Waals surface area contributed by atoms with Crippen LogP contribution in [-0.4, -0.2) is 9.97 Å². The van der Waals surface area contributed by atoms with Crippen molar-refractivity contribution in [2.45, 2.75) is 12.8 Å². The number of aromatic amines is 1. The molecule has 72 valence electrons. The highest BCUT2D eigenvalue weighted by molar-refractivity contribution is 6.30. The first-order valence-electron chi connectivity index (χ1n) is 4.52. The summed E-state index contributed by atoms with van der Waals surface area (Å²) in [5.41, 5.74) is 1.17. The monoisotopic (exact) mass is 206 g/mol. The van der Waals surface area contributed by atoms with Crippen LogP contribution in [0.25, 0.3) is 0 Å². The average Bonchev–Trinajstić information content (AvgIpc) is 2.69. The summed E-state index contributed by atoms with van der Waals surface area (Å²) in [6.07, 6.45) is 3.59. The van der Waals surface area contributed by atoms with Crippen molar-refractivity contribution in [3.05, 3.63) is 53.1 Å². The number of benzene rings is 1. The molecule has 0 aliphatic carbocycles. The van der Waals surface area contributed by atoms with Crippen LogP contribution in [0.5, 0.6) is 0 Å². The molecule has 1 N–H and O–H groups in total. The van der Waals surface area contributed by atoms with Gasteiger partial charge in [-0.1, -0.05) is 30.7 Å². The summed E-state index contributed by atoms with van der Waals surface area (Å²) in [6.45, 7) is 2.10. The number of H-pyrrole nitrogens is 1. The van der Waals surface area contributed by atoms with Crippen molar-refractivity contribution < 1.29 is 0 Å². The maximum absolute atomic E-state index is 5.92. The summed E-state index contributed by atoms with van der Waals surface area (Å²) in [4.78, 5) is 7.32. The van der Waals surface area contributed by atoms with Gasteiger partial charge in [-0.2, -0.15) is 0 Å². The molecule has 0 amide bonds. The van der Waals surface area contributed by atoms with Crippen LogP contribution < -0.4 is 0 Å². The van der Waals surface area contributed by atoms with E-state index in [0.717, 1.165) is 10.8 Å². The predicted octanol–water partition coefficient (Wildman–Crippen LogP) is 3.21. The Kier molecular flexibility index (Phi) is 2.55. The zero-order valence-corrected chi connectivity index (χ0v) is 8.62. The van der Waals surface area contributed by atoms with Crippen molar-refractivity contribution >= 4 is 11.6 Å². The smallest absolute Gasteiger partial charge is 0.113 e. The standard InChI is InChI=1S/C11H11ClN2/c1-8(11-13-5-6-14-11)9-3-2-4-10(12)7-9/h2-8H,1H3,(H,13,14). The number of nitrogens with zero attached hydrogens (tertiary/aromatic N) is 1. The molecule has 0 saturated carbocycles. The van der Waals surface area contributed by atoms with Crippen LogP contribution in [-0.2, 0) is 0 Å². The molecule has 0 bridgehead atoms. The van der Waals surface area contributed by atoms with Crippen molar-refractivity contribution in [3.63, 3.8) is 0 Å². The van der Waals surface area contributed by atoms with Gasteiger partial charge in [-0.25, -0.2) is 4.98 Å². The van der Waals surface area contributed by atoms with Crippen LogP contribution in [0.3, 0.4) is 0 Å². The predicted molar refractivity (Wildman–Crippen MR) is 57.6 cm³/mol. The van der Waals surface area contributed by atoms with Gasteiger partial charge in [0.1, 0.15) is 5.82 Å². The molecule has 0 radical (unpaired) electrons. The molecule has 1 aromatic heterocycles. The molecule has 2 aromatic rings. The summed E-state index contributed by atoms with van der Waals surface area (Å²) in [5.74, 6) is 1.22. The normalized spacial score (nSPS) is 12.7. The minimum Gasteiger partial charge on any atom is -0.348 e. The number of rotatable bonds is 2. The number of aromatic nitrogens is 2. The van der Waals surface area contributed by atoms with Gasteiger partial charge in [0, 0.05) is 23.3 Å². The fourth-order valence-electron chi connectivity index (χ4n) is 1.45. The first kappa shape index (κ1) is 9.28. The Bertz CT molecular complexity index is 409. The zero-order chi connectivity index (χ0) is 9.97. The first-order chi connectivity index (χ1) is 6.77. The highest BCUT2D eigenvalue weighted by Crippen LogP contribution is 2.23. The third-order valence-electron chi connectivity index (χ3n) is 2.28. The summed E-state index contributed by atoms with van der Waals surface area (Å²) >= 11 is 5.92. The quantitative estimate of drug-likeness (QED) is 0.803. The van der Waals surface area contributed by atoms with Gasteiger partial charge in [0.25, 0.3) is 0 Å². The van der Waals surface area contributed by atoms with Gasteiger partial charge in [0.05, 0.1) is 0 Å². The topological polar surface area (TPSA) is 28.7 Å². The molecule has 0 saturated heterocycles. The second-order valence-electron chi connectivity index (χ2n) is 3.25. The van der Waals surface area contributed by atoms with E-state index in [4.69, 9.17) is 11.6 Å². The SMILES string of the molecule is CC(c1cccc(Cl)c1)c1ncc[nH]1. The number of hydrogen-bond acceptors (Lipinski definition) is 1. The fraction of sp³-hybridized carbons (Fsp3) is 0.182. The van der Waals surface area contributed by atoms with Crippen LogP contribution in [0, 0.1) is 0 Å². The van der Waals surface area contributed by atoms with Crippen LogP contribution in [0.1, 0.15) is 24.2 Å². The van der Waals surface area contributed by atoms with Crippen molar-refractivity contribution in [1.29, 1.82) is 0 Å². The van der Waals surface area contributed by atoms with Gasteiger partial charge >= 0.3 is 0 Å². The molecule has 1 atom stereocenters. The summed E-state index contributed by atoms with van der Waals surface area (Å²) < 4.78 is 0. The summed E-state index contributed by atoms with van der Waals surface area (Å²) in [6, 6.07) is 7.85. The molecule has 14 heavy (non-hydrogen) atoms.